The van der Waals surface area contributed by atoms with E-state index in [1.54, 1.807) is 0 Å². The van der Waals surface area contributed by atoms with E-state index in [9.17, 15) is 0 Å². The number of ether oxygens (including phenoxy) is 1. The summed E-state index contributed by atoms with van der Waals surface area (Å²) >= 11 is 0. The van der Waals surface area contributed by atoms with Gasteiger partial charge in [-0.3, -0.25) is 0 Å². The van der Waals surface area contributed by atoms with Crippen LogP contribution in [0, 0.1) is 6.92 Å². The van der Waals surface area contributed by atoms with E-state index in [4.69, 9.17) is 4.74 Å². The first-order chi connectivity index (χ1) is 8.95. The standard InChI is InChI=1S/C15H25N3O.HI/c1-7-19-14-9-8-13(10-12(14)2)11-16-15(17(3)4)18(5)6;/h8-10H,7,11H2,1-6H3;1H. The molecule has 0 saturated heterocycles. The van der Waals surface area contributed by atoms with Crippen molar-refractivity contribution in [1.29, 1.82) is 0 Å². The number of hydrogen-bond donors (Lipinski definition) is 0. The average Bonchev–Trinajstić information content (AvgIpc) is 2.32. The molecule has 20 heavy (non-hydrogen) atoms. The van der Waals surface area contributed by atoms with Crippen molar-refractivity contribution in [1.82, 2.24) is 9.80 Å². The van der Waals surface area contributed by atoms with Crippen LogP contribution in [0.15, 0.2) is 23.2 Å². The minimum absolute atomic E-state index is 0. The Hall–Kier alpha value is -0.980. The first-order valence-electron chi connectivity index (χ1n) is 6.57. The maximum Gasteiger partial charge on any atom is 0.195 e. The molecule has 0 atom stereocenters. The van der Waals surface area contributed by atoms with Gasteiger partial charge in [-0.15, -0.1) is 24.0 Å². The van der Waals surface area contributed by atoms with E-state index in [2.05, 4.69) is 24.0 Å². The van der Waals surface area contributed by atoms with Gasteiger partial charge >= 0.3 is 0 Å². The smallest absolute Gasteiger partial charge is 0.195 e. The summed E-state index contributed by atoms with van der Waals surface area (Å²) in [5.74, 6) is 1.92. The first-order valence-corrected chi connectivity index (χ1v) is 6.57. The largest absolute Gasteiger partial charge is 0.494 e. The van der Waals surface area contributed by atoms with E-state index < -0.39 is 0 Å². The highest BCUT2D eigenvalue weighted by molar-refractivity contribution is 14.0. The Kier molecular flexibility index (Phi) is 8.60. The number of nitrogens with zero attached hydrogens (tertiary/aromatic N) is 3. The number of benzene rings is 1. The number of rotatable bonds is 4. The number of halogens is 1. The van der Waals surface area contributed by atoms with E-state index in [-0.39, 0.29) is 24.0 Å². The van der Waals surface area contributed by atoms with Crippen molar-refractivity contribution in [3.8, 4) is 5.75 Å². The zero-order valence-corrected chi connectivity index (χ0v) is 15.6. The number of hydrogen-bond acceptors (Lipinski definition) is 2. The molecule has 5 heteroatoms. The van der Waals surface area contributed by atoms with Crippen LogP contribution in [0.5, 0.6) is 5.75 Å². The zero-order valence-electron chi connectivity index (χ0n) is 13.3. The van der Waals surface area contributed by atoms with Gasteiger partial charge in [0.25, 0.3) is 0 Å². The lowest BCUT2D eigenvalue weighted by molar-refractivity contribution is 0.338. The highest BCUT2D eigenvalue weighted by Crippen LogP contribution is 2.19. The van der Waals surface area contributed by atoms with Gasteiger partial charge in [0.1, 0.15) is 5.75 Å². The molecule has 0 bridgehead atoms. The third-order valence-electron chi connectivity index (χ3n) is 2.74. The highest BCUT2D eigenvalue weighted by atomic mass is 127. The highest BCUT2D eigenvalue weighted by Gasteiger charge is 2.05. The minimum atomic E-state index is 0. The third-order valence-corrected chi connectivity index (χ3v) is 2.74. The summed E-state index contributed by atoms with van der Waals surface area (Å²) in [7, 11) is 8.01. The molecule has 4 nitrogen and oxygen atoms in total. The maximum absolute atomic E-state index is 5.54. The van der Waals surface area contributed by atoms with Crippen LogP contribution in [-0.4, -0.2) is 50.6 Å². The summed E-state index contributed by atoms with van der Waals surface area (Å²) in [6.07, 6.45) is 0. The van der Waals surface area contributed by atoms with Crippen molar-refractivity contribution < 1.29 is 4.74 Å². The third kappa shape index (κ3) is 5.56. The molecule has 0 aliphatic rings. The van der Waals surface area contributed by atoms with Crippen LogP contribution < -0.4 is 4.74 Å². The molecule has 0 aliphatic heterocycles. The molecule has 0 heterocycles. The van der Waals surface area contributed by atoms with Gasteiger partial charge in [-0.2, -0.15) is 0 Å². The van der Waals surface area contributed by atoms with Crippen LogP contribution in [-0.2, 0) is 6.54 Å². The van der Waals surface area contributed by atoms with E-state index >= 15 is 0 Å². The van der Waals surface area contributed by atoms with Gasteiger partial charge in [0.05, 0.1) is 13.2 Å². The van der Waals surface area contributed by atoms with Crippen molar-refractivity contribution in [2.24, 2.45) is 4.99 Å². The van der Waals surface area contributed by atoms with Crippen LogP contribution >= 0.6 is 24.0 Å². The Labute approximate surface area is 139 Å². The Morgan fingerprint density at radius 3 is 2.20 bits per heavy atom. The van der Waals surface area contributed by atoms with Gasteiger partial charge in [0, 0.05) is 28.2 Å². The van der Waals surface area contributed by atoms with Crippen LogP contribution in [0.2, 0.25) is 0 Å². The summed E-state index contributed by atoms with van der Waals surface area (Å²) in [6.45, 7) is 5.44. The second-order valence-corrected chi connectivity index (χ2v) is 4.94. The topological polar surface area (TPSA) is 28.1 Å². The molecule has 0 N–H and O–H groups in total. The molecule has 0 aromatic heterocycles. The minimum Gasteiger partial charge on any atom is -0.494 e. The molecule has 0 spiro atoms. The van der Waals surface area contributed by atoms with E-state index in [1.807, 2.05) is 51.0 Å². The molecule has 0 aliphatic carbocycles. The molecule has 0 radical (unpaired) electrons. The predicted molar refractivity (Wildman–Crippen MR) is 96.3 cm³/mol. The van der Waals surface area contributed by atoms with Crippen LogP contribution in [0.4, 0.5) is 0 Å². The van der Waals surface area contributed by atoms with Crippen molar-refractivity contribution in [2.75, 3.05) is 34.8 Å². The summed E-state index contributed by atoms with van der Waals surface area (Å²) in [5.41, 5.74) is 2.35. The number of aryl methyl sites for hydroxylation is 1. The van der Waals surface area contributed by atoms with E-state index in [1.165, 1.54) is 5.56 Å². The van der Waals surface area contributed by atoms with Gasteiger partial charge in [-0.25, -0.2) is 4.99 Å². The van der Waals surface area contributed by atoms with Crippen molar-refractivity contribution in [2.45, 2.75) is 20.4 Å². The molecule has 0 fully saturated rings. The lowest BCUT2D eigenvalue weighted by Gasteiger charge is -2.22. The fourth-order valence-corrected chi connectivity index (χ4v) is 1.97. The predicted octanol–water partition coefficient (Wildman–Crippen LogP) is 2.99. The molecule has 1 aromatic carbocycles. The Morgan fingerprint density at radius 2 is 1.75 bits per heavy atom. The number of aliphatic imine (C=N–C) groups is 1. The van der Waals surface area contributed by atoms with Gasteiger partial charge in [-0.05, 0) is 31.0 Å². The lowest BCUT2D eigenvalue weighted by atomic mass is 10.1. The Balaban J connectivity index is 0.00000361. The molecule has 1 rings (SSSR count). The van der Waals surface area contributed by atoms with Gasteiger partial charge in [-0.1, -0.05) is 12.1 Å². The molecule has 0 unspecified atom stereocenters. The Bertz CT molecular complexity index is 435. The van der Waals surface area contributed by atoms with Gasteiger partial charge < -0.3 is 14.5 Å². The van der Waals surface area contributed by atoms with Crippen molar-refractivity contribution in [3.05, 3.63) is 29.3 Å². The number of guanidine groups is 1. The summed E-state index contributed by atoms with van der Waals surface area (Å²) in [4.78, 5) is 8.67. The fraction of sp³-hybridized carbons (Fsp3) is 0.533. The molecule has 114 valence electrons. The quantitative estimate of drug-likeness (QED) is 0.449. The second kappa shape index (κ2) is 9.05. The summed E-state index contributed by atoms with van der Waals surface area (Å²) in [6, 6.07) is 6.23. The summed E-state index contributed by atoms with van der Waals surface area (Å²) in [5, 5.41) is 0. The Morgan fingerprint density at radius 1 is 1.15 bits per heavy atom. The van der Waals surface area contributed by atoms with Crippen LogP contribution in [0.3, 0.4) is 0 Å². The molecule has 0 amide bonds. The van der Waals surface area contributed by atoms with Crippen molar-refractivity contribution >= 4 is 29.9 Å². The summed E-state index contributed by atoms with van der Waals surface area (Å²) < 4.78 is 5.54. The van der Waals surface area contributed by atoms with Crippen LogP contribution in [0.25, 0.3) is 0 Å². The SMILES string of the molecule is CCOc1ccc(CN=C(N(C)C)N(C)C)cc1C.I. The van der Waals surface area contributed by atoms with Gasteiger partial charge in [0.2, 0.25) is 0 Å². The maximum atomic E-state index is 5.54. The average molecular weight is 391 g/mol. The lowest BCUT2D eigenvalue weighted by Crippen LogP contribution is -2.35. The van der Waals surface area contributed by atoms with Crippen molar-refractivity contribution in [3.63, 3.8) is 0 Å². The normalized spacial score (nSPS) is 9.50. The second-order valence-electron chi connectivity index (χ2n) is 4.94. The molecular weight excluding hydrogens is 365 g/mol. The van der Waals surface area contributed by atoms with Gasteiger partial charge in [0.15, 0.2) is 5.96 Å². The molecule has 0 saturated carbocycles. The molecular formula is C15H26IN3O. The zero-order chi connectivity index (χ0) is 14.4. The van der Waals surface area contributed by atoms with E-state index in [0.717, 1.165) is 17.3 Å². The van der Waals surface area contributed by atoms with E-state index in [0.29, 0.717) is 13.2 Å². The van der Waals surface area contributed by atoms with Crippen LogP contribution in [0.1, 0.15) is 18.1 Å². The first kappa shape index (κ1) is 19.0. The monoisotopic (exact) mass is 391 g/mol. The fourth-order valence-electron chi connectivity index (χ4n) is 1.97. The molecule has 1 aromatic rings.